The molecule has 5 heteroatoms. The van der Waals surface area contributed by atoms with Crippen LogP contribution in [0.25, 0.3) is 0 Å². The van der Waals surface area contributed by atoms with Crippen LogP contribution in [0.3, 0.4) is 0 Å². The van der Waals surface area contributed by atoms with Crippen LogP contribution in [0.2, 0.25) is 0 Å². The van der Waals surface area contributed by atoms with Gasteiger partial charge in [-0.3, -0.25) is 0 Å². The van der Waals surface area contributed by atoms with E-state index in [9.17, 15) is 10.1 Å². The van der Waals surface area contributed by atoms with Crippen molar-refractivity contribution in [3.05, 3.63) is 99.6 Å². The van der Waals surface area contributed by atoms with Crippen LogP contribution in [0, 0.1) is 10.1 Å². The summed E-state index contributed by atoms with van der Waals surface area (Å²) in [4.78, 5) is 11.3. The smallest absolute Gasteiger partial charge is 0.160 e. The third kappa shape index (κ3) is 8.08. The van der Waals surface area contributed by atoms with Crippen molar-refractivity contribution >= 4 is 5.69 Å². The standard InChI is InChI=1S/C23H29N3O2/c1-20(10-9-11-21(2)18-24-23-14-7-4-8-15-23)16-17-25(26(27)28)19-22-12-5-3-6-13-22/h3-8,11-16,24H,9-10,17-19H2,1-2H3. The Bertz CT molecular complexity index is 786. The predicted octanol–water partition coefficient (Wildman–Crippen LogP) is 5.47. The quantitative estimate of drug-likeness (QED) is 0.320. The topological polar surface area (TPSA) is 58.4 Å². The minimum absolute atomic E-state index is 0.307. The molecule has 0 amide bonds. The van der Waals surface area contributed by atoms with Gasteiger partial charge in [-0.05, 0) is 44.4 Å². The summed E-state index contributed by atoms with van der Waals surface area (Å²) in [5.41, 5.74) is 4.51. The van der Waals surface area contributed by atoms with Crippen LogP contribution in [0.1, 0.15) is 32.3 Å². The first-order valence-electron chi connectivity index (χ1n) is 9.58. The van der Waals surface area contributed by atoms with Gasteiger partial charge < -0.3 is 5.32 Å². The summed E-state index contributed by atoms with van der Waals surface area (Å²) in [7, 11) is 0. The summed E-state index contributed by atoms with van der Waals surface area (Å²) in [6, 6.07) is 19.7. The molecular formula is C23H29N3O2. The molecule has 0 unspecified atom stereocenters. The Balaban J connectivity index is 1.76. The fraction of sp³-hybridized carbons (Fsp3) is 0.304. The third-order valence-electron chi connectivity index (χ3n) is 4.47. The van der Waals surface area contributed by atoms with E-state index in [-0.39, 0.29) is 5.03 Å². The molecule has 0 saturated carbocycles. The zero-order chi connectivity index (χ0) is 20.2. The SMILES string of the molecule is CC(=CCN(Cc1ccccc1)[N+](=O)[O-])CCC=C(C)CNc1ccccc1. The molecule has 2 rings (SSSR count). The van der Waals surface area contributed by atoms with Crippen molar-refractivity contribution in [3.8, 4) is 0 Å². The molecule has 5 nitrogen and oxygen atoms in total. The van der Waals surface area contributed by atoms with Crippen molar-refractivity contribution in [3.63, 3.8) is 0 Å². The normalized spacial score (nSPS) is 11.9. The van der Waals surface area contributed by atoms with Gasteiger partial charge in [0.05, 0.1) is 6.54 Å². The fourth-order valence-electron chi connectivity index (χ4n) is 2.76. The number of benzene rings is 2. The number of nitrogens with one attached hydrogen (secondary N) is 1. The van der Waals surface area contributed by atoms with Gasteiger partial charge in [0.1, 0.15) is 6.54 Å². The van der Waals surface area contributed by atoms with Crippen LogP contribution < -0.4 is 5.32 Å². The van der Waals surface area contributed by atoms with Crippen molar-refractivity contribution in [2.45, 2.75) is 33.2 Å². The first kappa shape index (κ1) is 21.2. The number of rotatable bonds is 11. The van der Waals surface area contributed by atoms with Gasteiger partial charge in [-0.15, -0.1) is 5.01 Å². The number of hydrogen-bond donors (Lipinski definition) is 1. The van der Waals surface area contributed by atoms with E-state index in [0.29, 0.717) is 13.1 Å². The Morgan fingerprint density at radius 1 is 1.00 bits per heavy atom. The van der Waals surface area contributed by atoms with E-state index >= 15 is 0 Å². The lowest BCUT2D eigenvalue weighted by Crippen LogP contribution is -2.29. The number of nitrogens with zero attached hydrogens (tertiary/aromatic N) is 2. The van der Waals surface area contributed by atoms with Crippen LogP contribution in [-0.4, -0.2) is 23.1 Å². The van der Waals surface area contributed by atoms with E-state index < -0.39 is 0 Å². The van der Waals surface area contributed by atoms with Gasteiger partial charge in [-0.2, -0.15) is 0 Å². The molecule has 0 aliphatic carbocycles. The van der Waals surface area contributed by atoms with E-state index in [4.69, 9.17) is 0 Å². The number of allylic oxidation sites excluding steroid dienone is 2. The number of hydrogen-bond acceptors (Lipinski definition) is 3. The Kier molecular flexibility index (Phi) is 8.79. The van der Waals surface area contributed by atoms with Gasteiger partial charge in [0.25, 0.3) is 0 Å². The van der Waals surface area contributed by atoms with Gasteiger partial charge in [0.2, 0.25) is 0 Å². The maximum Gasteiger partial charge on any atom is 0.160 e. The van der Waals surface area contributed by atoms with Gasteiger partial charge >= 0.3 is 0 Å². The largest absolute Gasteiger partial charge is 0.381 e. The molecule has 148 valence electrons. The highest BCUT2D eigenvalue weighted by atomic mass is 16.7. The third-order valence-corrected chi connectivity index (χ3v) is 4.47. The van der Waals surface area contributed by atoms with E-state index in [1.807, 2.05) is 61.5 Å². The highest BCUT2D eigenvalue weighted by molar-refractivity contribution is 5.43. The maximum absolute atomic E-state index is 11.3. The van der Waals surface area contributed by atoms with Crippen molar-refractivity contribution in [2.24, 2.45) is 0 Å². The molecule has 1 N–H and O–H groups in total. The monoisotopic (exact) mass is 379 g/mol. The van der Waals surface area contributed by atoms with Gasteiger partial charge in [-0.25, -0.2) is 10.1 Å². The zero-order valence-electron chi connectivity index (χ0n) is 16.7. The second-order valence-electron chi connectivity index (χ2n) is 6.93. The molecule has 0 saturated heterocycles. The van der Waals surface area contributed by atoms with Crippen LogP contribution in [0.15, 0.2) is 84.0 Å². The Labute approximate surface area is 167 Å². The number of hydrazine groups is 1. The second-order valence-corrected chi connectivity index (χ2v) is 6.93. The minimum atomic E-state index is -0.323. The lowest BCUT2D eigenvalue weighted by Gasteiger charge is -2.13. The Morgan fingerprint density at radius 3 is 2.29 bits per heavy atom. The van der Waals surface area contributed by atoms with Crippen LogP contribution in [-0.2, 0) is 6.54 Å². The number of nitro groups is 1. The highest BCUT2D eigenvalue weighted by Gasteiger charge is 2.13. The van der Waals surface area contributed by atoms with Crippen molar-refractivity contribution in [2.75, 3.05) is 18.4 Å². The number of anilines is 1. The summed E-state index contributed by atoms with van der Waals surface area (Å²) >= 11 is 0. The van der Waals surface area contributed by atoms with E-state index in [1.165, 1.54) is 16.2 Å². The molecule has 0 fully saturated rings. The Morgan fingerprint density at radius 2 is 1.64 bits per heavy atom. The molecule has 2 aromatic carbocycles. The number of para-hydroxylation sites is 1. The molecule has 0 aliphatic heterocycles. The molecule has 28 heavy (non-hydrogen) atoms. The first-order valence-corrected chi connectivity index (χ1v) is 9.58. The lowest BCUT2D eigenvalue weighted by atomic mass is 10.1. The van der Waals surface area contributed by atoms with Gasteiger partial charge in [0, 0.05) is 12.2 Å². The first-order chi connectivity index (χ1) is 13.5. The van der Waals surface area contributed by atoms with Gasteiger partial charge in [0.15, 0.2) is 5.03 Å². The average Bonchev–Trinajstić information content (AvgIpc) is 2.71. The Hall–Kier alpha value is -3.08. The van der Waals surface area contributed by atoms with E-state index in [0.717, 1.165) is 30.6 Å². The van der Waals surface area contributed by atoms with Crippen LogP contribution in [0.4, 0.5) is 5.69 Å². The zero-order valence-corrected chi connectivity index (χ0v) is 16.7. The molecule has 0 atom stereocenters. The lowest BCUT2D eigenvalue weighted by molar-refractivity contribution is -0.657. The molecule has 0 heterocycles. The molecule has 2 aromatic rings. The van der Waals surface area contributed by atoms with Crippen molar-refractivity contribution in [1.82, 2.24) is 5.01 Å². The fourth-order valence-corrected chi connectivity index (χ4v) is 2.76. The molecule has 0 radical (unpaired) electrons. The predicted molar refractivity (Wildman–Crippen MR) is 116 cm³/mol. The highest BCUT2D eigenvalue weighted by Crippen LogP contribution is 2.10. The summed E-state index contributed by atoms with van der Waals surface area (Å²) in [6.07, 6.45) is 6.01. The second kappa shape index (κ2) is 11.6. The van der Waals surface area contributed by atoms with Gasteiger partial charge in [-0.1, -0.05) is 71.8 Å². The molecule has 0 spiro atoms. The van der Waals surface area contributed by atoms with E-state index in [1.54, 1.807) is 0 Å². The van der Waals surface area contributed by atoms with Crippen LogP contribution in [0.5, 0.6) is 0 Å². The summed E-state index contributed by atoms with van der Waals surface area (Å²) in [5.74, 6) is 0. The van der Waals surface area contributed by atoms with Crippen molar-refractivity contribution in [1.29, 1.82) is 0 Å². The molecule has 0 aromatic heterocycles. The average molecular weight is 380 g/mol. The van der Waals surface area contributed by atoms with Crippen LogP contribution >= 0.6 is 0 Å². The summed E-state index contributed by atoms with van der Waals surface area (Å²) < 4.78 is 0. The molecular weight excluding hydrogens is 350 g/mol. The molecule has 0 bridgehead atoms. The minimum Gasteiger partial charge on any atom is -0.381 e. The summed E-state index contributed by atoms with van der Waals surface area (Å²) in [6.45, 7) is 5.59. The maximum atomic E-state index is 11.3. The summed E-state index contributed by atoms with van der Waals surface area (Å²) in [5, 5.41) is 15.6. The molecule has 0 aliphatic rings. The van der Waals surface area contributed by atoms with E-state index in [2.05, 4.69) is 30.4 Å². The van der Waals surface area contributed by atoms with Crippen molar-refractivity contribution < 1.29 is 5.03 Å².